The van der Waals surface area contributed by atoms with Gasteiger partial charge in [0.25, 0.3) is 0 Å². The average molecular weight is 483 g/mol. The van der Waals surface area contributed by atoms with Crippen LogP contribution in [0.4, 0.5) is 32.0 Å². The number of hydrogen-bond donors (Lipinski definition) is 1. The zero-order chi connectivity index (χ0) is 23.9. The molecule has 0 radical (unpaired) electrons. The molecule has 2 atom stereocenters. The highest BCUT2D eigenvalue weighted by atomic mass is 19.4. The number of nitrogens with one attached hydrogen (secondary N) is 1. The SMILES string of the molecule is FC(F)(F)c1ccc(N2C[C@]3(c4nnc(CC5CNC5)o4)C[C@]3(C(F)(F)F)C2)c2cccnc12. The van der Waals surface area contributed by atoms with Crippen molar-refractivity contribution in [2.24, 2.45) is 11.3 Å². The van der Waals surface area contributed by atoms with Crippen LogP contribution in [0, 0.1) is 11.3 Å². The first-order chi connectivity index (χ1) is 16.0. The lowest BCUT2D eigenvalue weighted by atomic mass is 9.95. The summed E-state index contributed by atoms with van der Waals surface area (Å²) >= 11 is 0. The number of piperidine rings is 1. The summed E-state index contributed by atoms with van der Waals surface area (Å²) in [6, 6.07) is 5.01. The van der Waals surface area contributed by atoms with Gasteiger partial charge in [0.2, 0.25) is 11.8 Å². The van der Waals surface area contributed by atoms with E-state index in [1.807, 2.05) is 0 Å². The highest BCUT2D eigenvalue weighted by molar-refractivity contribution is 5.94. The molecule has 4 heterocycles. The molecule has 2 aromatic heterocycles. The number of aromatic nitrogens is 3. The summed E-state index contributed by atoms with van der Waals surface area (Å²) in [6.45, 7) is 1.08. The van der Waals surface area contributed by atoms with Gasteiger partial charge in [-0.25, -0.2) is 0 Å². The van der Waals surface area contributed by atoms with Crippen LogP contribution in [0.3, 0.4) is 0 Å². The Labute approximate surface area is 189 Å². The molecule has 1 saturated carbocycles. The smallest absolute Gasteiger partial charge is 0.418 e. The summed E-state index contributed by atoms with van der Waals surface area (Å²) in [5, 5.41) is 11.2. The molecule has 6 nitrogen and oxygen atoms in total. The maximum Gasteiger partial charge on any atom is 0.418 e. The van der Waals surface area contributed by atoms with E-state index in [0.29, 0.717) is 18.2 Å². The van der Waals surface area contributed by atoms with Crippen molar-refractivity contribution in [1.82, 2.24) is 20.5 Å². The van der Waals surface area contributed by atoms with Crippen molar-refractivity contribution in [1.29, 1.82) is 0 Å². The molecule has 34 heavy (non-hydrogen) atoms. The minimum absolute atomic E-state index is 0.0519. The molecule has 2 saturated heterocycles. The number of halogens is 6. The highest BCUT2D eigenvalue weighted by Crippen LogP contribution is 2.75. The van der Waals surface area contributed by atoms with Crippen molar-refractivity contribution < 1.29 is 30.8 Å². The lowest BCUT2D eigenvalue weighted by molar-refractivity contribution is -0.187. The van der Waals surface area contributed by atoms with Gasteiger partial charge < -0.3 is 14.6 Å². The van der Waals surface area contributed by atoms with E-state index < -0.39 is 35.3 Å². The molecule has 6 rings (SSSR count). The van der Waals surface area contributed by atoms with Gasteiger partial charge >= 0.3 is 12.4 Å². The number of anilines is 1. The number of hydrogen-bond acceptors (Lipinski definition) is 6. The summed E-state index contributed by atoms with van der Waals surface area (Å²) in [4.78, 5) is 5.35. The first-order valence-corrected chi connectivity index (χ1v) is 10.8. The fourth-order valence-corrected chi connectivity index (χ4v) is 5.50. The molecule has 0 unspecified atom stereocenters. The summed E-state index contributed by atoms with van der Waals surface area (Å²) < 4.78 is 89.2. The van der Waals surface area contributed by atoms with Crippen molar-refractivity contribution in [2.45, 2.75) is 30.6 Å². The molecule has 1 aromatic carbocycles. The minimum atomic E-state index is -4.64. The number of fused-ring (bicyclic) bond motifs is 2. The van der Waals surface area contributed by atoms with Crippen molar-refractivity contribution in [3.05, 3.63) is 47.8 Å². The molecule has 0 amide bonds. The van der Waals surface area contributed by atoms with E-state index in [1.54, 1.807) is 0 Å². The third-order valence-electron chi connectivity index (χ3n) is 7.46. The van der Waals surface area contributed by atoms with Gasteiger partial charge in [-0.2, -0.15) is 26.3 Å². The van der Waals surface area contributed by atoms with E-state index in [9.17, 15) is 26.3 Å². The molecule has 3 aromatic rings. The van der Waals surface area contributed by atoms with Crippen LogP contribution in [0.2, 0.25) is 0 Å². The van der Waals surface area contributed by atoms with E-state index in [-0.39, 0.29) is 35.4 Å². The van der Waals surface area contributed by atoms with Gasteiger partial charge in [-0.15, -0.1) is 10.2 Å². The van der Waals surface area contributed by atoms with Gasteiger partial charge in [0.05, 0.1) is 16.5 Å². The Balaban J connectivity index is 1.39. The maximum atomic E-state index is 14.3. The van der Waals surface area contributed by atoms with Crippen LogP contribution in [0.25, 0.3) is 10.9 Å². The second-order valence-corrected chi connectivity index (χ2v) is 9.45. The van der Waals surface area contributed by atoms with E-state index in [4.69, 9.17) is 4.42 Å². The third kappa shape index (κ3) is 2.96. The average Bonchev–Trinajstić information content (AvgIpc) is 3.06. The fourth-order valence-electron chi connectivity index (χ4n) is 5.50. The molecule has 3 fully saturated rings. The quantitative estimate of drug-likeness (QED) is 0.564. The molecular formula is C22H19F6N5O. The molecule has 0 spiro atoms. The van der Waals surface area contributed by atoms with Crippen LogP contribution in [-0.2, 0) is 18.0 Å². The van der Waals surface area contributed by atoms with Gasteiger partial charge in [0.15, 0.2) is 0 Å². The number of nitrogens with zero attached hydrogens (tertiary/aromatic N) is 4. The Morgan fingerprint density at radius 1 is 1.06 bits per heavy atom. The normalized spacial score (nSPS) is 27.2. The monoisotopic (exact) mass is 483 g/mol. The van der Waals surface area contributed by atoms with Crippen molar-refractivity contribution in [3.8, 4) is 0 Å². The van der Waals surface area contributed by atoms with Gasteiger partial charge in [-0.1, -0.05) is 0 Å². The third-order valence-corrected chi connectivity index (χ3v) is 7.46. The molecule has 180 valence electrons. The van der Waals surface area contributed by atoms with E-state index in [2.05, 4.69) is 20.5 Å². The van der Waals surface area contributed by atoms with Crippen molar-refractivity contribution in [3.63, 3.8) is 0 Å². The second-order valence-electron chi connectivity index (χ2n) is 9.45. The molecule has 12 heteroatoms. The Kier molecular flexibility index (Phi) is 4.35. The predicted octanol–water partition coefficient (Wildman–Crippen LogP) is 4.11. The Morgan fingerprint density at radius 2 is 1.85 bits per heavy atom. The lowest BCUT2D eigenvalue weighted by Gasteiger charge is -2.26. The zero-order valence-electron chi connectivity index (χ0n) is 17.7. The summed E-state index contributed by atoms with van der Waals surface area (Å²) in [5.74, 6) is 0.564. The molecule has 0 bridgehead atoms. The van der Waals surface area contributed by atoms with Gasteiger partial charge in [0, 0.05) is 36.8 Å². The van der Waals surface area contributed by atoms with Crippen LogP contribution in [-0.4, -0.2) is 47.5 Å². The van der Waals surface area contributed by atoms with Crippen molar-refractivity contribution in [2.75, 3.05) is 31.1 Å². The fraction of sp³-hybridized carbons (Fsp3) is 0.500. The van der Waals surface area contributed by atoms with Crippen LogP contribution in [0.1, 0.15) is 23.8 Å². The van der Waals surface area contributed by atoms with Crippen LogP contribution in [0.5, 0.6) is 0 Å². The molecule has 3 aliphatic rings. The van der Waals surface area contributed by atoms with E-state index in [0.717, 1.165) is 19.2 Å². The summed E-state index contributed by atoms with van der Waals surface area (Å²) in [7, 11) is 0. The molecule has 2 aliphatic heterocycles. The minimum Gasteiger partial charge on any atom is -0.425 e. The Morgan fingerprint density at radius 3 is 2.53 bits per heavy atom. The number of rotatable bonds is 4. The van der Waals surface area contributed by atoms with Crippen LogP contribution >= 0.6 is 0 Å². The van der Waals surface area contributed by atoms with Gasteiger partial charge in [0.1, 0.15) is 5.41 Å². The lowest BCUT2D eigenvalue weighted by Crippen LogP contribution is -2.43. The number of benzene rings is 1. The molecular weight excluding hydrogens is 464 g/mol. The van der Waals surface area contributed by atoms with Crippen LogP contribution < -0.4 is 10.2 Å². The molecule has 1 aliphatic carbocycles. The van der Waals surface area contributed by atoms with E-state index in [1.165, 1.54) is 29.3 Å². The molecule has 1 N–H and O–H groups in total. The van der Waals surface area contributed by atoms with E-state index >= 15 is 0 Å². The van der Waals surface area contributed by atoms with Gasteiger partial charge in [-0.05, 0) is 49.7 Å². The van der Waals surface area contributed by atoms with Gasteiger partial charge in [-0.3, -0.25) is 4.98 Å². The summed E-state index contributed by atoms with van der Waals surface area (Å²) in [5.41, 5.74) is -4.47. The van der Waals surface area contributed by atoms with Crippen LogP contribution in [0.15, 0.2) is 34.9 Å². The topological polar surface area (TPSA) is 67.1 Å². The Hall–Kier alpha value is -2.89. The standard InChI is InChI=1S/C22H19F6N5O/c23-21(24,25)14-3-4-15(13-2-1-5-30-17(13)14)33-10-19(9-20(19,11-33)22(26,27)28)18-32-31-16(34-18)6-12-7-29-8-12/h1-5,12,29H,6-11H2/t19-,20-/m0/s1. The van der Waals surface area contributed by atoms with Crippen molar-refractivity contribution >= 4 is 16.6 Å². The summed E-state index contributed by atoms with van der Waals surface area (Å²) in [6.07, 6.45) is -7.65. The second kappa shape index (κ2) is 6.83. The zero-order valence-corrected chi connectivity index (χ0v) is 17.7. The first kappa shape index (κ1) is 21.6. The maximum absolute atomic E-state index is 14.3. The number of pyridine rings is 1. The Bertz CT molecular complexity index is 1270. The first-order valence-electron chi connectivity index (χ1n) is 10.8. The largest absolute Gasteiger partial charge is 0.425 e. The highest BCUT2D eigenvalue weighted by Gasteiger charge is 2.86. The predicted molar refractivity (Wildman–Crippen MR) is 108 cm³/mol. The number of alkyl halides is 6.